The Morgan fingerprint density at radius 2 is 1.61 bits per heavy atom. The summed E-state index contributed by atoms with van der Waals surface area (Å²) in [5, 5.41) is 2.70. The molecular formula is C25H26N2O5S. The molecule has 1 fully saturated rings. The molecule has 7 nitrogen and oxygen atoms in total. The van der Waals surface area contributed by atoms with Gasteiger partial charge in [-0.05, 0) is 48.4 Å². The Hall–Kier alpha value is -3.20. The molecule has 0 spiro atoms. The van der Waals surface area contributed by atoms with Crippen molar-refractivity contribution < 1.29 is 22.7 Å². The van der Waals surface area contributed by atoms with E-state index in [1.807, 2.05) is 31.2 Å². The first kappa shape index (κ1) is 23.0. The van der Waals surface area contributed by atoms with Crippen molar-refractivity contribution in [2.45, 2.75) is 11.8 Å². The van der Waals surface area contributed by atoms with Gasteiger partial charge < -0.3 is 14.8 Å². The van der Waals surface area contributed by atoms with Crippen LogP contribution in [-0.2, 0) is 19.6 Å². The lowest BCUT2D eigenvalue weighted by Gasteiger charge is -2.26. The van der Waals surface area contributed by atoms with Gasteiger partial charge in [-0.2, -0.15) is 4.31 Å². The highest BCUT2D eigenvalue weighted by Crippen LogP contribution is 2.23. The zero-order valence-electron chi connectivity index (χ0n) is 18.4. The van der Waals surface area contributed by atoms with Crippen LogP contribution < -0.4 is 10.1 Å². The maximum absolute atomic E-state index is 12.8. The number of nitrogens with zero attached hydrogens (tertiary/aromatic N) is 1. The fourth-order valence-corrected chi connectivity index (χ4v) is 4.96. The molecule has 8 heteroatoms. The molecule has 0 aromatic heterocycles. The SMILES string of the molecule is Cc1ccc(-c2ccc(OCC(=O)Nc3cccc(S(=O)(=O)N4CCOCC4)c3)cc2)cc1. The lowest BCUT2D eigenvalue weighted by Crippen LogP contribution is -2.40. The summed E-state index contributed by atoms with van der Waals surface area (Å²) in [6.07, 6.45) is 0. The van der Waals surface area contributed by atoms with Gasteiger partial charge in [-0.1, -0.05) is 48.0 Å². The first-order valence-corrected chi connectivity index (χ1v) is 12.1. The second-order valence-electron chi connectivity index (χ2n) is 7.77. The molecule has 3 aromatic carbocycles. The van der Waals surface area contributed by atoms with Crippen molar-refractivity contribution in [2.75, 3.05) is 38.2 Å². The molecule has 1 heterocycles. The number of rotatable bonds is 7. The number of hydrogen-bond donors (Lipinski definition) is 1. The summed E-state index contributed by atoms with van der Waals surface area (Å²) in [5.41, 5.74) is 3.77. The van der Waals surface area contributed by atoms with Gasteiger partial charge >= 0.3 is 0 Å². The molecule has 0 bridgehead atoms. The summed E-state index contributed by atoms with van der Waals surface area (Å²) in [5.74, 6) is 0.197. The molecule has 1 amide bonds. The number of aryl methyl sites for hydroxylation is 1. The number of amides is 1. The predicted molar refractivity (Wildman–Crippen MR) is 127 cm³/mol. The van der Waals surface area contributed by atoms with Crippen molar-refractivity contribution in [3.8, 4) is 16.9 Å². The third-order valence-corrected chi connectivity index (χ3v) is 7.23. The van der Waals surface area contributed by atoms with Crippen LogP contribution >= 0.6 is 0 Å². The van der Waals surface area contributed by atoms with Gasteiger partial charge in [0.05, 0.1) is 18.1 Å². The van der Waals surface area contributed by atoms with Crippen molar-refractivity contribution >= 4 is 21.6 Å². The Balaban J connectivity index is 1.34. The molecule has 0 aliphatic carbocycles. The van der Waals surface area contributed by atoms with Gasteiger partial charge in [-0.15, -0.1) is 0 Å². The zero-order valence-corrected chi connectivity index (χ0v) is 19.2. The lowest BCUT2D eigenvalue weighted by molar-refractivity contribution is -0.118. The Morgan fingerprint density at radius 1 is 0.970 bits per heavy atom. The van der Waals surface area contributed by atoms with Crippen LogP contribution in [0.15, 0.2) is 77.7 Å². The number of benzene rings is 3. The Kier molecular flexibility index (Phi) is 7.08. The van der Waals surface area contributed by atoms with Crippen LogP contribution in [0.2, 0.25) is 0 Å². The second kappa shape index (κ2) is 10.2. The van der Waals surface area contributed by atoms with Crippen molar-refractivity contribution in [1.29, 1.82) is 0 Å². The monoisotopic (exact) mass is 466 g/mol. The normalized spacial score (nSPS) is 14.6. The highest BCUT2D eigenvalue weighted by molar-refractivity contribution is 7.89. The van der Waals surface area contributed by atoms with Crippen LogP contribution in [0.4, 0.5) is 5.69 Å². The predicted octanol–water partition coefficient (Wildman–Crippen LogP) is 3.70. The van der Waals surface area contributed by atoms with E-state index in [1.54, 1.807) is 12.1 Å². The number of carbonyl (C=O) groups is 1. The van der Waals surface area contributed by atoms with Crippen molar-refractivity contribution in [3.05, 3.63) is 78.4 Å². The molecule has 172 valence electrons. The average molecular weight is 467 g/mol. The van der Waals surface area contributed by atoms with E-state index >= 15 is 0 Å². The van der Waals surface area contributed by atoms with E-state index in [2.05, 4.69) is 29.6 Å². The summed E-state index contributed by atoms with van der Waals surface area (Å²) < 4.78 is 37.8. The third kappa shape index (κ3) is 5.78. The minimum Gasteiger partial charge on any atom is -0.484 e. The number of hydrogen-bond acceptors (Lipinski definition) is 5. The fourth-order valence-electron chi connectivity index (χ4n) is 3.51. The second-order valence-corrected chi connectivity index (χ2v) is 9.71. The topological polar surface area (TPSA) is 84.9 Å². The smallest absolute Gasteiger partial charge is 0.262 e. The van der Waals surface area contributed by atoms with Gasteiger partial charge in [-0.25, -0.2) is 8.42 Å². The van der Waals surface area contributed by atoms with E-state index in [9.17, 15) is 13.2 Å². The molecule has 0 unspecified atom stereocenters. The number of ether oxygens (including phenoxy) is 2. The van der Waals surface area contributed by atoms with Crippen molar-refractivity contribution in [3.63, 3.8) is 0 Å². The maximum Gasteiger partial charge on any atom is 0.262 e. The standard InChI is InChI=1S/C25H26N2O5S/c1-19-5-7-20(8-6-19)21-9-11-23(12-10-21)32-18-25(28)26-22-3-2-4-24(17-22)33(29,30)27-13-15-31-16-14-27/h2-12,17H,13-16,18H2,1H3,(H,26,28). The summed E-state index contributed by atoms with van der Waals surface area (Å²) in [6.45, 7) is 3.23. The molecule has 33 heavy (non-hydrogen) atoms. The summed E-state index contributed by atoms with van der Waals surface area (Å²) in [4.78, 5) is 12.5. The fraction of sp³-hybridized carbons (Fsp3) is 0.240. The molecule has 1 saturated heterocycles. The number of sulfonamides is 1. The first-order valence-electron chi connectivity index (χ1n) is 10.7. The Morgan fingerprint density at radius 3 is 2.27 bits per heavy atom. The molecule has 4 rings (SSSR count). The minimum absolute atomic E-state index is 0.134. The zero-order chi connectivity index (χ0) is 23.3. The summed E-state index contributed by atoms with van der Waals surface area (Å²) in [6, 6.07) is 22.0. The summed E-state index contributed by atoms with van der Waals surface area (Å²) >= 11 is 0. The van der Waals surface area contributed by atoms with Crippen LogP contribution in [-0.4, -0.2) is 51.5 Å². The van der Waals surface area contributed by atoms with Gasteiger partial charge in [0.15, 0.2) is 6.61 Å². The maximum atomic E-state index is 12.8. The van der Waals surface area contributed by atoms with E-state index in [4.69, 9.17) is 9.47 Å². The highest BCUT2D eigenvalue weighted by atomic mass is 32.2. The number of nitrogens with one attached hydrogen (secondary N) is 1. The van der Waals surface area contributed by atoms with Gasteiger partial charge in [0, 0.05) is 18.8 Å². The lowest BCUT2D eigenvalue weighted by atomic mass is 10.0. The van der Waals surface area contributed by atoms with Crippen molar-refractivity contribution in [2.24, 2.45) is 0 Å². The molecular weight excluding hydrogens is 440 g/mol. The van der Waals surface area contributed by atoms with Gasteiger partial charge in [0.2, 0.25) is 10.0 Å². The largest absolute Gasteiger partial charge is 0.484 e. The molecule has 3 aromatic rings. The average Bonchev–Trinajstić information content (AvgIpc) is 2.84. The first-order chi connectivity index (χ1) is 15.9. The third-order valence-electron chi connectivity index (χ3n) is 5.33. The van der Waals surface area contributed by atoms with E-state index < -0.39 is 10.0 Å². The van der Waals surface area contributed by atoms with E-state index in [0.29, 0.717) is 37.7 Å². The van der Waals surface area contributed by atoms with Gasteiger partial charge in [0.25, 0.3) is 5.91 Å². The van der Waals surface area contributed by atoms with Crippen molar-refractivity contribution in [1.82, 2.24) is 4.31 Å². The number of anilines is 1. The van der Waals surface area contributed by atoms with Crippen LogP contribution in [0.25, 0.3) is 11.1 Å². The Bertz CT molecular complexity index is 1200. The van der Waals surface area contributed by atoms with Crippen LogP contribution in [0.1, 0.15) is 5.56 Å². The number of morpholine rings is 1. The highest BCUT2D eigenvalue weighted by Gasteiger charge is 2.26. The summed E-state index contributed by atoms with van der Waals surface area (Å²) in [7, 11) is -3.63. The van der Waals surface area contributed by atoms with Crippen LogP contribution in [0.3, 0.4) is 0 Å². The molecule has 0 atom stereocenters. The molecule has 0 saturated carbocycles. The molecule has 0 radical (unpaired) electrons. The van der Waals surface area contributed by atoms with E-state index in [-0.39, 0.29) is 17.4 Å². The minimum atomic E-state index is -3.63. The number of carbonyl (C=O) groups excluding carboxylic acids is 1. The molecule has 1 aliphatic heterocycles. The van der Waals surface area contributed by atoms with Crippen LogP contribution in [0, 0.1) is 6.92 Å². The Labute approximate surface area is 194 Å². The van der Waals surface area contributed by atoms with Gasteiger partial charge in [-0.3, -0.25) is 4.79 Å². The van der Waals surface area contributed by atoms with Gasteiger partial charge in [0.1, 0.15) is 5.75 Å². The van der Waals surface area contributed by atoms with E-state index in [0.717, 1.165) is 11.1 Å². The molecule has 1 N–H and O–H groups in total. The molecule has 1 aliphatic rings. The quantitative estimate of drug-likeness (QED) is 0.574. The van der Waals surface area contributed by atoms with Crippen LogP contribution in [0.5, 0.6) is 5.75 Å². The van der Waals surface area contributed by atoms with E-state index in [1.165, 1.54) is 22.0 Å².